The highest BCUT2D eigenvalue weighted by Gasteiger charge is 2.04. The fourth-order valence-corrected chi connectivity index (χ4v) is 1.34. The lowest BCUT2D eigenvalue weighted by molar-refractivity contribution is 0.311. The highest BCUT2D eigenvalue weighted by Crippen LogP contribution is 2.14. The Morgan fingerprint density at radius 3 is 2.71 bits per heavy atom. The van der Waals surface area contributed by atoms with E-state index in [4.69, 9.17) is 11.6 Å². The molecule has 14 heavy (non-hydrogen) atoms. The summed E-state index contributed by atoms with van der Waals surface area (Å²) in [5, 5.41) is 0.500. The van der Waals surface area contributed by atoms with Gasteiger partial charge in [0.2, 0.25) is 0 Å². The van der Waals surface area contributed by atoms with Crippen LogP contribution in [-0.4, -0.2) is 19.7 Å². The molecule has 0 radical (unpaired) electrons. The summed E-state index contributed by atoms with van der Waals surface area (Å²) in [7, 11) is -3.42. The monoisotopic (exact) mass is 235 g/mol. The Morgan fingerprint density at radius 2 is 2.21 bits per heavy atom. The second-order valence-electron chi connectivity index (χ2n) is 2.88. The normalized spacial score (nSPS) is 11.6. The molecular weight excluding hydrogens is 226 g/mol. The van der Waals surface area contributed by atoms with Crippen LogP contribution < -0.4 is 0 Å². The van der Waals surface area contributed by atoms with E-state index in [1.807, 2.05) is 0 Å². The minimum absolute atomic E-state index is 0.0359. The predicted octanol–water partition coefficient (Wildman–Crippen LogP) is 1.52. The van der Waals surface area contributed by atoms with Gasteiger partial charge in [0.05, 0.1) is 23.6 Å². The average molecular weight is 236 g/mol. The summed E-state index contributed by atoms with van der Waals surface area (Å²) in [4.78, 5) is 3.97. The molecule has 1 aromatic rings. The fourth-order valence-electron chi connectivity index (χ4n) is 0.800. The van der Waals surface area contributed by atoms with Crippen molar-refractivity contribution in [1.82, 2.24) is 4.98 Å². The van der Waals surface area contributed by atoms with Crippen LogP contribution in [0.25, 0.3) is 0 Å². The summed E-state index contributed by atoms with van der Waals surface area (Å²) in [6, 6.07) is 1.63. The van der Waals surface area contributed by atoms with Gasteiger partial charge in [-0.2, -0.15) is 8.42 Å². The Morgan fingerprint density at radius 1 is 1.57 bits per heavy atom. The van der Waals surface area contributed by atoms with E-state index in [1.165, 1.54) is 6.20 Å². The van der Waals surface area contributed by atoms with E-state index < -0.39 is 10.1 Å². The van der Waals surface area contributed by atoms with E-state index in [0.29, 0.717) is 16.3 Å². The van der Waals surface area contributed by atoms with Crippen molar-refractivity contribution in [2.75, 3.05) is 6.26 Å². The van der Waals surface area contributed by atoms with Gasteiger partial charge in [-0.1, -0.05) is 11.6 Å². The van der Waals surface area contributed by atoms with Crippen LogP contribution in [-0.2, 0) is 20.9 Å². The minimum atomic E-state index is -3.42. The third-order valence-electron chi connectivity index (χ3n) is 1.52. The summed E-state index contributed by atoms with van der Waals surface area (Å²) in [6.45, 7) is 1.73. The second-order valence-corrected chi connectivity index (χ2v) is 4.93. The lowest BCUT2D eigenvalue weighted by atomic mass is 10.3. The second kappa shape index (κ2) is 4.25. The molecule has 0 saturated carbocycles. The van der Waals surface area contributed by atoms with Crippen molar-refractivity contribution < 1.29 is 12.6 Å². The van der Waals surface area contributed by atoms with E-state index in [9.17, 15) is 8.42 Å². The van der Waals surface area contributed by atoms with Crippen LogP contribution in [0.3, 0.4) is 0 Å². The van der Waals surface area contributed by atoms with Gasteiger partial charge in [-0.05, 0) is 18.6 Å². The number of pyridine rings is 1. The number of hydrogen-bond acceptors (Lipinski definition) is 4. The zero-order valence-electron chi connectivity index (χ0n) is 7.82. The zero-order valence-corrected chi connectivity index (χ0v) is 9.39. The first-order valence-corrected chi connectivity index (χ1v) is 6.03. The smallest absolute Gasteiger partial charge is 0.264 e. The first-order valence-electron chi connectivity index (χ1n) is 3.84. The van der Waals surface area contributed by atoms with Crippen LogP contribution in [0.15, 0.2) is 12.3 Å². The molecule has 0 atom stereocenters. The Bertz CT molecular complexity index is 430. The van der Waals surface area contributed by atoms with Crippen molar-refractivity contribution in [3.8, 4) is 0 Å². The molecule has 0 amide bonds. The molecule has 1 heterocycles. The van der Waals surface area contributed by atoms with Crippen LogP contribution in [0.1, 0.15) is 11.3 Å². The van der Waals surface area contributed by atoms with Gasteiger partial charge < -0.3 is 0 Å². The van der Waals surface area contributed by atoms with Crippen LogP contribution in [0.5, 0.6) is 0 Å². The van der Waals surface area contributed by atoms with E-state index in [0.717, 1.165) is 6.26 Å². The summed E-state index contributed by atoms with van der Waals surface area (Å²) in [6.07, 6.45) is 2.53. The largest absolute Gasteiger partial charge is 0.265 e. The lowest BCUT2D eigenvalue weighted by Gasteiger charge is -2.02. The maximum absolute atomic E-state index is 10.7. The number of aromatic nitrogens is 1. The number of halogens is 1. The van der Waals surface area contributed by atoms with Crippen LogP contribution in [0.4, 0.5) is 0 Å². The predicted molar refractivity (Wildman–Crippen MR) is 53.6 cm³/mol. The van der Waals surface area contributed by atoms with Gasteiger partial charge in [0, 0.05) is 6.20 Å². The van der Waals surface area contributed by atoms with Gasteiger partial charge in [-0.25, -0.2) is 0 Å². The molecule has 4 nitrogen and oxygen atoms in total. The molecule has 1 aromatic heterocycles. The number of hydrogen-bond donors (Lipinski definition) is 0. The molecule has 0 saturated heterocycles. The van der Waals surface area contributed by atoms with Crippen molar-refractivity contribution in [3.05, 3.63) is 28.5 Å². The van der Waals surface area contributed by atoms with Crippen molar-refractivity contribution in [3.63, 3.8) is 0 Å². The molecule has 0 N–H and O–H groups in total. The van der Waals surface area contributed by atoms with Crippen LogP contribution in [0, 0.1) is 6.92 Å². The highest BCUT2D eigenvalue weighted by molar-refractivity contribution is 7.85. The number of aryl methyl sites for hydroxylation is 1. The van der Waals surface area contributed by atoms with E-state index in [-0.39, 0.29) is 6.61 Å². The van der Waals surface area contributed by atoms with Gasteiger partial charge in [0.15, 0.2) is 0 Å². The molecule has 0 fully saturated rings. The zero-order chi connectivity index (χ0) is 10.8. The number of nitrogens with zero attached hydrogens (tertiary/aromatic N) is 1. The first-order chi connectivity index (χ1) is 6.38. The number of rotatable bonds is 3. The fraction of sp³-hybridized carbons (Fsp3) is 0.375. The van der Waals surface area contributed by atoms with Crippen molar-refractivity contribution in [2.45, 2.75) is 13.5 Å². The van der Waals surface area contributed by atoms with Gasteiger partial charge >= 0.3 is 0 Å². The SMILES string of the molecule is Cc1ncc(COS(C)(=O)=O)cc1Cl. The molecule has 0 spiro atoms. The minimum Gasteiger partial charge on any atom is -0.265 e. The molecule has 1 rings (SSSR count). The third kappa shape index (κ3) is 3.61. The molecule has 0 aliphatic heterocycles. The molecule has 6 heteroatoms. The van der Waals surface area contributed by atoms with Gasteiger partial charge in [0.25, 0.3) is 10.1 Å². The van der Waals surface area contributed by atoms with Gasteiger partial charge in [-0.3, -0.25) is 9.17 Å². The summed E-state index contributed by atoms with van der Waals surface area (Å²) in [5.41, 5.74) is 1.33. The molecule has 0 unspecified atom stereocenters. The molecule has 78 valence electrons. The van der Waals surface area contributed by atoms with E-state index in [1.54, 1.807) is 13.0 Å². The van der Waals surface area contributed by atoms with Crippen LogP contribution >= 0.6 is 11.6 Å². The summed E-state index contributed by atoms with van der Waals surface area (Å²) in [5.74, 6) is 0. The lowest BCUT2D eigenvalue weighted by Crippen LogP contribution is -2.03. The molecule has 0 aliphatic carbocycles. The highest BCUT2D eigenvalue weighted by atomic mass is 35.5. The molecule has 0 bridgehead atoms. The maximum Gasteiger partial charge on any atom is 0.264 e. The van der Waals surface area contributed by atoms with Crippen molar-refractivity contribution in [1.29, 1.82) is 0 Å². The standard InChI is InChI=1S/C8H10ClNO3S/c1-6-8(9)3-7(4-10-6)5-13-14(2,11)12/h3-4H,5H2,1-2H3. The Hall–Kier alpha value is -0.650. The quantitative estimate of drug-likeness (QED) is 0.746. The van der Waals surface area contributed by atoms with E-state index in [2.05, 4.69) is 9.17 Å². The molecule has 0 aliphatic rings. The van der Waals surface area contributed by atoms with Gasteiger partial charge in [0.1, 0.15) is 0 Å². The van der Waals surface area contributed by atoms with E-state index >= 15 is 0 Å². The van der Waals surface area contributed by atoms with Gasteiger partial charge in [-0.15, -0.1) is 0 Å². The van der Waals surface area contributed by atoms with Crippen LogP contribution in [0.2, 0.25) is 5.02 Å². The summed E-state index contributed by atoms with van der Waals surface area (Å²) >= 11 is 5.80. The first kappa shape index (κ1) is 11.4. The Kier molecular flexibility index (Phi) is 3.47. The van der Waals surface area contributed by atoms with Crippen molar-refractivity contribution in [2.24, 2.45) is 0 Å². The summed E-state index contributed by atoms with van der Waals surface area (Å²) < 4.78 is 25.9. The molecular formula is C8H10ClNO3S. The Labute approximate surface area is 88.0 Å². The third-order valence-corrected chi connectivity index (χ3v) is 2.45. The topological polar surface area (TPSA) is 56.3 Å². The molecule has 0 aromatic carbocycles. The average Bonchev–Trinajstić information content (AvgIpc) is 2.06. The van der Waals surface area contributed by atoms with Crippen molar-refractivity contribution >= 4 is 21.7 Å². The maximum atomic E-state index is 10.7. The Balaban J connectivity index is 2.74.